The molecule has 7 nitrogen and oxygen atoms in total. The van der Waals surface area contributed by atoms with E-state index in [1.807, 2.05) is 91.0 Å². The first kappa shape index (κ1) is 32.0. The van der Waals surface area contributed by atoms with Gasteiger partial charge in [-0.2, -0.15) is 0 Å². The van der Waals surface area contributed by atoms with Gasteiger partial charge in [0.15, 0.2) is 0 Å². The van der Waals surface area contributed by atoms with Crippen LogP contribution in [0.5, 0.6) is 11.5 Å². The number of hydrogen-bond donors (Lipinski definition) is 3. The summed E-state index contributed by atoms with van der Waals surface area (Å²) in [7, 11) is 0. The van der Waals surface area contributed by atoms with E-state index in [2.05, 4.69) is 26.6 Å². The maximum atomic E-state index is 13.5. The zero-order valence-corrected chi connectivity index (χ0v) is 27.4. The molecule has 0 saturated heterocycles. The Hall–Kier alpha value is -4.92. The van der Waals surface area contributed by atoms with Crippen molar-refractivity contribution in [1.29, 1.82) is 0 Å². The zero-order chi connectivity index (χ0) is 33.0. The Bertz CT molecular complexity index is 1930. The number of carboxylic acid groups (broad SMARTS) is 1. The van der Waals surface area contributed by atoms with E-state index in [-0.39, 0.29) is 17.9 Å². The number of carbonyl (C=O) groups excluding carboxylic acids is 2. The Morgan fingerprint density at radius 1 is 0.851 bits per heavy atom. The highest BCUT2D eigenvalue weighted by atomic mass is 79.9. The van der Waals surface area contributed by atoms with Gasteiger partial charge in [-0.25, -0.2) is 4.79 Å². The van der Waals surface area contributed by atoms with Crippen LogP contribution >= 0.6 is 27.5 Å². The Labute approximate surface area is 285 Å². The third kappa shape index (κ3) is 7.40. The first-order valence-corrected chi connectivity index (χ1v) is 16.2. The van der Waals surface area contributed by atoms with Crippen LogP contribution < -0.4 is 15.4 Å². The molecule has 1 aliphatic rings. The van der Waals surface area contributed by atoms with Crippen molar-refractivity contribution in [3.63, 3.8) is 0 Å². The molecule has 0 spiro atoms. The van der Waals surface area contributed by atoms with Crippen molar-refractivity contribution in [1.82, 2.24) is 5.32 Å². The summed E-state index contributed by atoms with van der Waals surface area (Å²) in [6.45, 7) is 0. The first-order chi connectivity index (χ1) is 22.7. The lowest BCUT2D eigenvalue weighted by atomic mass is 9.94. The molecular formula is C38H30BrClN2O5. The van der Waals surface area contributed by atoms with Crippen LogP contribution in [-0.4, -0.2) is 28.9 Å². The monoisotopic (exact) mass is 708 g/mol. The summed E-state index contributed by atoms with van der Waals surface area (Å²) in [6.07, 6.45) is 1.40. The lowest BCUT2D eigenvalue weighted by Gasteiger charge is -2.19. The summed E-state index contributed by atoms with van der Waals surface area (Å²) in [5.41, 5.74) is 3.11. The molecule has 1 atom stereocenters. The van der Waals surface area contributed by atoms with Gasteiger partial charge in [0.05, 0.1) is 16.7 Å². The molecule has 9 heteroatoms. The third-order valence-corrected chi connectivity index (χ3v) is 8.97. The van der Waals surface area contributed by atoms with Gasteiger partial charge in [-0.3, -0.25) is 9.59 Å². The predicted octanol–water partition coefficient (Wildman–Crippen LogP) is 8.66. The molecule has 0 radical (unpaired) electrons. The number of anilines is 1. The first-order valence-electron chi connectivity index (χ1n) is 15.0. The Morgan fingerprint density at radius 3 is 2.21 bits per heavy atom. The molecular weight excluding hydrogens is 680 g/mol. The number of para-hydroxylation sites is 2. The van der Waals surface area contributed by atoms with Gasteiger partial charge in [-0.1, -0.05) is 100 Å². The SMILES string of the molecule is O=C(NC(Cc1ccc(-c2ccccc2Oc2ccccc2)cc1)C(=O)O)c1cc(Br)ccc1NC(=O)C1(c2ccc(Cl)cc2)CC1. The number of benzene rings is 5. The summed E-state index contributed by atoms with van der Waals surface area (Å²) >= 11 is 9.44. The van der Waals surface area contributed by atoms with E-state index in [1.54, 1.807) is 30.3 Å². The number of aliphatic carboxylic acids is 1. The van der Waals surface area contributed by atoms with Gasteiger partial charge in [0, 0.05) is 21.5 Å². The largest absolute Gasteiger partial charge is 0.480 e. The quantitative estimate of drug-likeness (QED) is 0.127. The Balaban J connectivity index is 1.16. The van der Waals surface area contributed by atoms with Gasteiger partial charge < -0.3 is 20.5 Å². The highest BCUT2D eigenvalue weighted by Crippen LogP contribution is 2.49. The number of hydrogen-bond acceptors (Lipinski definition) is 4. The number of rotatable bonds is 11. The molecule has 1 unspecified atom stereocenters. The van der Waals surface area contributed by atoms with E-state index >= 15 is 0 Å². The molecule has 0 bridgehead atoms. The topological polar surface area (TPSA) is 105 Å². The van der Waals surface area contributed by atoms with Crippen LogP contribution in [-0.2, 0) is 21.4 Å². The zero-order valence-electron chi connectivity index (χ0n) is 25.1. The van der Waals surface area contributed by atoms with Crippen LogP contribution in [0.3, 0.4) is 0 Å². The molecule has 5 aromatic carbocycles. The summed E-state index contributed by atoms with van der Waals surface area (Å²) in [6, 6.07) is 35.6. The molecule has 1 saturated carbocycles. The van der Waals surface area contributed by atoms with Gasteiger partial charge in [-0.15, -0.1) is 0 Å². The molecule has 47 heavy (non-hydrogen) atoms. The Morgan fingerprint density at radius 2 is 1.53 bits per heavy atom. The summed E-state index contributed by atoms with van der Waals surface area (Å²) < 4.78 is 6.72. The molecule has 0 aliphatic heterocycles. The van der Waals surface area contributed by atoms with Gasteiger partial charge in [0.2, 0.25) is 5.91 Å². The fourth-order valence-electron chi connectivity index (χ4n) is 5.50. The maximum absolute atomic E-state index is 13.5. The second-order valence-corrected chi connectivity index (χ2v) is 12.8. The molecule has 1 aliphatic carbocycles. The highest BCUT2D eigenvalue weighted by Gasteiger charge is 2.51. The van der Waals surface area contributed by atoms with Crippen molar-refractivity contribution in [2.45, 2.75) is 30.7 Å². The predicted molar refractivity (Wildman–Crippen MR) is 186 cm³/mol. The lowest BCUT2D eigenvalue weighted by Crippen LogP contribution is -2.42. The van der Waals surface area contributed by atoms with E-state index < -0.39 is 23.3 Å². The minimum atomic E-state index is -1.21. The number of carboxylic acids is 1. The normalized spacial score (nSPS) is 13.7. The molecule has 0 aromatic heterocycles. The van der Waals surface area contributed by atoms with E-state index in [0.29, 0.717) is 33.8 Å². The van der Waals surface area contributed by atoms with Crippen molar-refractivity contribution in [3.8, 4) is 22.6 Å². The van der Waals surface area contributed by atoms with Crippen LogP contribution in [0.15, 0.2) is 126 Å². The maximum Gasteiger partial charge on any atom is 0.326 e. The van der Waals surface area contributed by atoms with Crippen LogP contribution in [0, 0.1) is 0 Å². The van der Waals surface area contributed by atoms with E-state index in [0.717, 1.165) is 28.0 Å². The summed E-state index contributed by atoms with van der Waals surface area (Å²) in [5.74, 6) is -0.613. The third-order valence-electron chi connectivity index (χ3n) is 8.22. The van der Waals surface area contributed by atoms with Crippen LogP contribution in [0.4, 0.5) is 5.69 Å². The summed E-state index contributed by atoms with van der Waals surface area (Å²) in [5, 5.41) is 16.2. The standard InChI is InChI=1S/C38H30BrClN2O5/c39-27-16-19-32(42-37(46)38(20-21-38)26-14-17-28(40)18-15-26)31(23-27)35(43)41-33(36(44)45)22-24-10-12-25(13-11-24)30-8-4-5-9-34(30)47-29-6-2-1-3-7-29/h1-19,23,33H,20-22H2,(H,41,43)(H,42,46)(H,44,45). The second kappa shape index (κ2) is 13.8. The average Bonchev–Trinajstić information content (AvgIpc) is 3.89. The van der Waals surface area contributed by atoms with Gasteiger partial charge >= 0.3 is 5.97 Å². The highest BCUT2D eigenvalue weighted by molar-refractivity contribution is 9.10. The average molecular weight is 710 g/mol. The van der Waals surface area contributed by atoms with Gasteiger partial charge in [0.25, 0.3) is 5.91 Å². The molecule has 236 valence electrons. The van der Waals surface area contributed by atoms with Crippen molar-refractivity contribution >= 4 is 51.0 Å². The number of amides is 2. The van der Waals surface area contributed by atoms with Crippen molar-refractivity contribution in [2.24, 2.45) is 0 Å². The number of nitrogens with one attached hydrogen (secondary N) is 2. The lowest BCUT2D eigenvalue weighted by molar-refractivity contribution is -0.139. The fraction of sp³-hybridized carbons (Fsp3) is 0.132. The number of halogens is 2. The molecule has 5 aromatic rings. The van der Waals surface area contributed by atoms with Crippen LogP contribution in [0.25, 0.3) is 11.1 Å². The molecule has 0 heterocycles. The minimum Gasteiger partial charge on any atom is -0.480 e. The van der Waals surface area contributed by atoms with E-state index in [9.17, 15) is 19.5 Å². The molecule has 6 rings (SSSR count). The van der Waals surface area contributed by atoms with Crippen LogP contribution in [0.2, 0.25) is 5.02 Å². The van der Waals surface area contributed by atoms with Crippen LogP contribution in [0.1, 0.15) is 34.3 Å². The van der Waals surface area contributed by atoms with Crippen molar-refractivity contribution < 1.29 is 24.2 Å². The fourth-order valence-corrected chi connectivity index (χ4v) is 5.98. The number of carbonyl (C=O) groups is 3. The second-order valence-electron chi connectivity index (χ2n) is 11.4. The van der Waals surface area contributed by atoms with Gasteiger partial charge in [0.1, 0.15) is 17.5 Å². The van der Waals surface area contributed by atoms with Gasteiger partial charge in [-0.05, 0) is 78.1 Å². The Kier molecular flexibility index (Phi) is 9.43. The summed E-state index contributed by atoms with van der Waals surface area (Å²) in [4.78, 5) is 39.3. The van der Waals surface area contributed by atoms with Crippen molar-refractivity contribution in [3.05, 3.63) is 148 Å². The smallest absolute Gasteiger partial charge is 0.326 e. The molecule has 1 fully saturated rings. The number of ether oxygens (including phenoxy) is 1. The molecule has 2 amide bonds. The van der Waals surface area contributed by atoms with E-state index in [4.69, 9.17) is 16.3 Å². The molecule has 3 N–H and O–H groups in total. The minimum absolute atomic E-state index is 0.0545. The van der Waals surface area contributed by atoms with Crippen molar-refractivity contribution in [2.75, 3.05) is 5.32 Å². The van der Waals surface area contributed by atoms with E-state index in [1.165, 1.54) is 0 Å².